The lowest BCUT2D eigenvalue weighted by Gasteiger charge is -2.25. The van der Waals surface area contributed by atoms with Gasteiger partial charge in [-0.15, -0.1) is 0 Å². The van der Waals surface area contributed by atoms with Crippen molar-refractivity contribution in [2.75, 3.05) is 0 Å². The van der Waals surface area contributed by atoms with E-state index in [0.717, 1.165) is 18.4 Å². The number of halogens is 1. The molecule has 0 amide bonds. The van der Waals surface area contributed by atoms with Gasteiger partial charge in [-0.25, -0.2) is 8.42 Å². The molecular formula is C13H18ClNO2S. The molecule has 1 aromatic carbocycles. The summed E-state index contributed by atoms with van der Waals surface area (Å²) in [5, 5.41) is 0.496. The molecule has 1 aliphatic rings. The van der Waals surface area contributed by atoms with E-state index in [1.165, 1.54) is 0 Å². The zero-order valence-electron chi connectivity index (χ0n) is 10.9. The molecule has 0 heterocycles. The van der Waals surface area contributed by atoms with Crippen LogP contribution in [0.5, 0.6) is 0 Å². The van der Waals surface area contributed by atoms with E-state index in [2.05, 4.69) is 0 Å². The predicted molar refractivity (Wildman–Crippen MR) is 73.4 cm³/mol. The van der Waals surface area contributed by atoms with Gasteiger partial charge in [0.05, 0.1) is 4.90 Å². The average molecular weight is 288 g/mol. The normalized spacial score (nSPS) is 16.6. The summed E-state index contributed by atoms with van der Waals surface area (Å²) in [6.45, 7) is 5.68. The van der Waals surface area contributed by atoms with Crippen molar-refractivity contribution in [3.63, 3.8) is 0 Å². The van der Waals surface area contributed by atoms with Gasteiger partial charge in [-0.3, -0.25) is 0 Å². The molecule has 1 saturated carbocycles. The minimum atomic E-state index is -3.43. The quantitative estimate of drug-likeness (QED) is 0.853. The topological polar surface area (TPSA) is 37.4 Å². The van der Waals surface area contributed by atoms with E-state index < -0.39 is 10.0 Å². The maximum Gasteiger partial charge on any atom is 0.243 e. The minimum absolute atomic E-state index is 0.0254. The van der Waals surface area contributed by atoms with Gasteiger partial charge in [-0.2, -0.15) is 4.31 Å². The zero-order valence-corrected chi connectivity index (χ0v) is 12.4. The Morgan fingerprint density at radius 1 is 1.33 bits per heavy atom. The lowest BCUT2D eigenvalue weighted by Crippen LogP contribution is -2.38. The number of sulfonamides is 1. The highest BCUT2D eigenvalue weighted by Crippen LogP contribution is 2.34. The number of benzene rings is 1. The second-order valence-corrected chi connectivity index (χ2v) is 7.32. The van der Waals surface area contributed by atoms with Crippen molar-refractivity contribution in [2.45, 2.75) is 50.6 Å². The van der Waals surface area contributed by atoms with Gasteiger partial charge >= 0.3 is 0 Å². The summed E-state index contributed by atoms with van der Waals surface area (Å²) in [4.78, 5) is 0.290. The Kier molecular flexibility index (Phi) is 3.72. The van der Waals surface area contributed by atoms with E-state index in [9.17, 15) is 8.42 Å². The molecule has 0 bridgehead atoms. The molecule has 3 nitrogen and oxygen atoms in total. The fourth-order valence-corrected chi connectivity index (χ4v) is 4.23. The van der Waals surface area contributed by atoms with Crippen LogP contribution in [-0.4, -0.2) is 24.8 Å². The van der Waals surface area contributed by atoms with Crippen LogP contribution in [0, 0.1) is 6.92 Å². The molecule has 100 valence electrons. The maximum absolute atomic E-state index is 12.6. The van der Waals surface area contributed by atoms with Crippen molar-refractivity contribution in [1.82, 2.24) is 4.31 Å². The fourth-order valence-electron chi connectivity index (χ4n) is 2.08. The summed E-state index contributed by atoms with van der Waals surface area (Å²) in [6.07, 6.45) is 1.91. The first-order valence-corrected chi connectivity index (χ1v) is 7.95. The molecule has 0 spiro atoms. The molecule has 0 atom stereocenters. The first-order chi connectivity index (χ1) is 8.34. The molecule has 0 saturated heterocycles. The Hall–Kier alpha value is -0.580. The lowest BCUT2D eigenvalue weighted by atomic mass is 10.2. The van der Waals surface area contributed by atoms with Crippen molar-refractivity contribution in [3.8, 4) is 0 Å². The van der Waals surface area contributed by atoms with Crippen LogP contribution in [0.3, 0.4) is 0 Å². The molecule has 1 fully saturated rings. The van der Waals surface area contributed by atoms with Gasteiger partial charge in [0.1, 0.15) is 0 Å². The summed E-state index contributed by atoms with van der Waals surface area (Å²) in [7, 11) is -3.43. The van der Waals surface area contributed by atoms with Gasteiger partial charge in [-0.1, -0.05) is 17.7 Å². The van der Waals surface area contributed by atoms with Gasteiger partial charge in [-0.05, 0) is 51.3 Å². The van der Waals surface area contributed by atoms with E-state index in [1.807, 2.05) is 20.8 Å². The third-order valence-electron chi connectivity index (χ3n) is 3.13. The number of nitrogens with zero attached hydrogens (tertiary/aromatic N) is 1. The summed E-state index contributed by atoms with van der Waals surface area (Å²) in [5.74, 6) is 0. The molecule has 0 N–H and O–H groups in total. The number of hydrogen-bond acceptors (Lipinski definition) is 2. The molecule has 5 heteroatoms. The Labute approximate surface area is 114 Å². The van der Waals surface area contributed by atoms with E-state index in [-0.39, 0.29) is 12.1 Å². The van der Waals surface area contributed by atoms with Crippen LogP contribution in [0.1, 0.15) is 32.3 Å². The van der Waals surface area contributed by atoms with Gasteiger partial charge < -0.3 is 0 Å². The zero-order chi connectivity index (χ0) is 13.5. The summed E-state index contributed by atoms with van der Waals surface area (Å²) in [6, 6.07) is 5.07. The lowest BCUT2D eigenvalue weighted by molar-refractivity contribution is 0.346. The Morgan fingerprint density at radius 2 is 1.94 bits per heavy atom. The smallest absolute Gasteiger partial charge is 0.207 e. The SMILES string of the molecule is Cc1ccc(S(=O)(=O)N(C(C)C)C2CC2)cc1Cl. The third kappa shape index (κ3) is 2.56. The van der Waals surface area contributed by atoms with Gasteiger partial charge in [0, 0.05) is 17.1 Å². The van der Waals surface area contributed by atoms with E-state index in [0.29, 0.717) is 9.92 Å². The van der Waals surface area contributed by atoms with Crippen LogP contribution in [0.2, 0.25) is 5.02 Å². The van der Waals surface area contributed by atoms with Crippen molar-refractivity contribution in [2.24, 2.45) is 0 Å². The first kappa shape index (κ1) is 13.8. The Morgan fingerprint density at radius 3 is 2.39 bits per heavy atom. The molecule has 18 heavy (non-hydrogen) atoms. The monoisotopic (exact) mass is 287 g/mol. The molecule has 0 radical (unpaired) electrons. The molecule has 1 aliphatic carbocycles. The van der Waals surface area contributed by atoms with Gasteiger partial charge in [0.25, 0.3) is 0 Å². The largest absolute Gasteiger partial charge is 0.243 e. The molecule has 0 aromatic heterocycles. The number of hydrogen-bond donors (Lipinski definition) is 0. The second kappa shape index (κ2) is 4.83. The van der Waals surface area contributed by atoms with Crippen LogP contribution in [0.15, 0.2) is 23.1 Å². The van der Waals surface area contributed by atoms with E-state index in [1.54, 1.807) is 22.5 Å². The summed E-state index contributed by atoms with van der Waals surface area (Å²) < 4.78 is 26.8. The van der Waals surface area contributed by atoms with Crippen molar-refractivity contribution >= 4 is 21.6 Å². The van der Waals surface area contributed by atoms with Crippen LogP contribution < -0.4 is 0 Å². The second-order valence-electron chi connectivity index (χ2n) is 5.07. The summed E-state index contributed by atoms with van der Waals surface area (Å²) in [5.41, 5.74) is 0.887. The highest BCUT2D eigenvalue weighted by molar-refractivity contribution is 7.89. The molecule has 2 rings (SSSR count). The molecule has 0 aliphatic heterocycles. The van der Waals surface area contributed by atoms with Gasteiger partial charge in [0.15, 0.2) is 0 Å². The van der Waals surface area contributed by atoms with Crippen LogP contribution >= 0.6 is 11.6 Å². The summed E-state index contributed by atoms with van der Waals surface area (Å²) >= 11 is 6.02. The minimum Gasteiger partial charge on any atom is -0.207 e. The number of rotatable bonds is 4. The van der Waals surface area contributed by atoms with Crippen molar-refractivity contribution < 1.29 is 8.42 Å². The molecular weight excluding hydrogens is 270 g/mol. The predicted octanol–water partition coefficient (Wildman–Crippen LogP) is 3.21. The fraction of sp³-hybridized carbons (Fsp3) is 0.538. The van der Waals surface area contributed by atoms with Crippen LogP contribution in [0.4, 0.5) is 0 Å². The van der Waals surface area contributed by atoms with Crippen LogP contribution in [-0.2, 0) is 10.0 Å². The Bertz CT molecular complexity index is 548. The van der Waals surface area contributed by atoms with E-state index in [4.69, 9.17) is 11.6 Å². The van der Waals surface area contributed by atoms with Crippen molar-refractivity contribution in [1.29, 1.82) is 0 Å². The molecule has 1 aromatic rings. The number of aryl methyl sites for hydroxylation is 1. The Balaban J connectivity index is 2.42. The van der Waals surface area contributed by atoms with Crippen LogP contribution in [0.25, 0.3) is 0 Å². The average Bonchev–Trinajstić information content (AvgIpc) is 3.05. The first-order valence-electron chi connectivity index (χ1n) is 6.13. The third-order valence-corrected chi connectivity index (χ3v) is 5.67. The van der Waals surface area contributed by atoms with E-state index >= 15 is 0 Å². The van der Waals surface area contributed by atoms with Crippen molar-refractivity contribution in [3.05, 3.63) is 28.8 Å². The maximum atomic E-state index is 12.6. The highest BCUT2D eigenvalue weighted by Gasteiger charge is 2.39. The highest BCUT2D eigenvalue weighted by atomic mass is 35.5. The standard InChI is InChI=1S/C13H18ClNO2S/c1-9(2)15(11-5-6-11)18(16,17)12-7-4-10(3)13(14)8-12/h4,7-9,11H,5-6H2,1-3H3. The van der Waals surface area contributed by atoms with Gasteiger partial charge in [0.2, 0.25) is 10.0 Å². The molecule has 0 unspecified atom stereocenters.